The first-order valence-electron chi connectivity index (χ1n) is 6.98. The van der Waals surface area contributed by atoms with Crippen molar-refractivity contribution in [2.24, 2.45) is 0 Å². The standard InChI is InChI=1S/C17H19NO3S/c1-21-10-11-22(20)13-14-6-5-9-16(12-14)18-17(19)15-7-3-2-4-8-15/h2-9,12H,10-11,13H2,1H3,(H,18,19)/t22-/m1/s1. The van der Waals surface area contributed by atoms with E-state index in [2.05, 4.69) is 5.32 Å². The van der Waals surface area contributed by atoms with Crippen molar-refractivity contribution in [3.05, 3.63) is 65.7 Å². The van der Waals surface area contributed by atoms with Crippen LogP contribution in [0.25, 0.3) is 0 Å². The first-order valence-corrected chi connectivity index (χ1v) is 8.47. The molecule has 0 heterocycles. The Balaban J connectivity index is 1.99. The number of benzene rings is 2. The van der Waals surface area contributed by atoms with Crippen LogP contribution in [0.15, 0.2) is 54.6 Å². The first-order chi connectivity index (χ1) is 10.7. The lowest BCUT2D eigenvalue weighted by atomic mass is 10.2. The summed E-state index contributed by atoms with van der Waals surface area (Å²) >= 11 is 0. The minimum atomic E-state index is -0.966. The molecule has 0 aliphatic rings. The minimum Gasteiger partial charge on any atom is -0.384 e. The van der Waals surface area contributed by atoms with Gasteiger partial charge in [-0.15, -0.1) is 0 Å². The number of nitrogens with one attached hydrogen (secondary N) is 1. The van der Waals surface area contributed by atoms with Crippen molar-refractivity contribution < 1.29 is 13.7 Å². The Morgan fingerprint density at radius 2 is 1.91 bits per heavy atom. The van der Waals surface area contributed by atoms with E-state index in [1.54, 1.807) is 19.2 Å². The minimum absolute atomic E-state index is 0.154. The molecule has 4 nitrogen and oxygen atoms in total. The molecule has 0 radical (unpaired) electrons. The third kappa shape index (κ3) is 5.09. The molecule has 0 aromatic heterocycles. The number of carbonyl (C=O) groups is 1. The summed E-state index contributed by atoms with van der Waals surface area (Å²) in [6, 6.07) is 16.5. The quantitative estimate of drug-likeness (QED) is 0.854. The normalized spacial score (nSPS) is 11.9. The van der Waals surface area contributed by atoms with Crippen LogP contribution >= 0.6 is 0 Å². The second kappa shape index (κ2) is 8.46. The third-order valence-corrected chi connectivity index (χ3v) is 4.34. The van der Waals surface area contributed by atoms with Gasteiger partial charge in [-0.1, -0.05) is 30.3 Å². The maximum absolute atomic E-state index is 12.1. The van der Waals surface area contributed by atoms with E-state index in [1.807, 2.05) is 42.5 Å². The fraction of sp³-hybridized carbons (Fsp3) is 0.235. The molecule has 1 atom stereocenters. The molecule has 0 saturated carbocycles. The molecule has 0 aliphatic heterocycles. The Hall–Kier alpha value is -1.98. The van der Waals surface area contributed by atoms with Gasteiger partial charge in [0.1, 0.15) is 0 Å². The van der Waals surface area contributed by atoms with Crippen LogP contribution < -0.4 is 5.32 Å². The summed E-state index contributed by atoms with van der Waals surface area (Å²) in [5.41, 5.74) is 2.24. The summed E-state index contributed by atoms with van der Waals surface area (Å²) in [6.07, 6.45) is 0. The molecule has 2 aromatic carbocycles. The average Bonchev–Trinajstić information content (AvgIpc) is 2.54. The Morgan fingerprint density at radius 3 is 2.64 bits per heavy atom. The summed E-state index contributed by atoms with van der Waals surface area (Å²) in [5.74, 6) is 0.813. The number of methoxy groups -OCH3 is 1. The Labute approximate surface area is 133 Å². The lowest BCUT2D eigenvalue weighted by molar-refractivity contribution is 0.102. The molecule has 2 aromatic rings. The van der Waals surface area contributed by atoms with Crippen LogP contribution in [0.4, 0.5) is 5.69 Å². The monoisotopic (exact) mass is 317 g/mol. The number of ether oxygens (including phenoxy) is 1. The molecule has 2 rings (SSSR count). The van der Waals surface area contributed by atoms with Crippen molar-refractivity contribution in [3.63, 3.8) is 0 Å². The van der Waals surface area contributed by atoms with Gasteiger partial charge in [0, 0.05) is 40.7 Å². The van der Waals surface area contributed by atoms with E-state index in [-0.39, 0.29) is 5.91 Å². The second-order valence-corrected chi connectivity index (χ2v) is 6.38. The average molecular weight is 317 g/mol. The molecule has 0 fully saturated rings. The predicted molar refractivity (Wildman–Crippen MR) is 89.4 cm³/mol. The van der Waals surface area contributed by atoms with Gasteiger partial charge in [0.2, 0.25) is 0 Å². The van der Waals surface area contributed by atoms with Gasteiger partial charge in [-0.25, -0.2) is 0 Å². The second-order valence-electron chi connectivity index (χ2n) is 4.80. The molecular weight excluding hydrogens is 298 g/mol. The molecule has 0 bridgehead atoms. The van der Waals surface area contributed by atoms with Crippen LogP contribution in [-0.4, -0.2) is 29.6 Å². The van der Waals surface area contributed by atoms with Crippen LogP contribution in [0, 0.1) is 0 Å². The Morgan fingerprint density at radius 1 is 1.14 bits per heavy atom. The topological polar surface area (TPSA) is 55.4 Å². The first kappa shape index (κ1) is 16.4. The smallest absolute Gasteiger partial charge is 0.255 e. The van der Waals surface area contributed by atoms with Crippen LogP contribution in [-0.2, 0) is 21.3 Å². The highest BCUT2D eigenvalue weighted by Gasteiger charge is 2.07. The van der Waals surface area contributed by atoms with Crippen LogP contribution in [0.5, 0.6) is 0 Å². The third-order valence-electron chi connectivity index (χ3n) is 3.06. The van der Waals surface area contributed by atoms with Gasteiger partial charge >= 0.3 is 0 Å². The number of carbonyl (C=O) groups excluding carboxylic acids is 1. The van der Waals surface area contributed by atoms with Gasteiger partial charge in [0.25, 0.3) is 5.91 Å². The molecule has 116 valence electrons. The number of hydrogen-bond acceptors (Lipinski definition) is 3. The number of anilines is 1. The number of rotatable bonds is 7. The number of hydrogen-bond donors (Lipinski definition) is 1. The number of amides is 1. The molecule has 1 amide bonds. The van der Waals surface area contributed by atoms with E-state index < -0.39 is 10.8 Å². The van der Waals surface area contributed by atoms with Crippen LogP contribution in [0.1, 0.15) is 15.9 Å². The van der Waals surface area contributed by atoms with Gasteiger partial charge < -0.3 is 10.1 Å². The summed E-state index contributed by atoms with van der Waals surface area (Å²) < 4.78 is 16.8. The summed E-state index contributed by atoms with van der Waals surface area (Å²) in [6.45, 7) is 0.483. The van der Waals surface area contributed by atoms with Gasteiger partial charge in [-0.3, -0.25) is 9.00 Å². The van der Waals surface area contributed by atoms with Crippen molar-refractivity contribution in [3.8, 4) is 0 Å². The van der Waals surface area contributed by atoms with E-state index >= 15 is 0 Å². The van der Waals surface area contributed by atoms with E-state index in [0.29, 0.717) is 29.4 Å². The summed E-state index contributed by atoms with van der Waals surface area (Å²) in [5, 5.41) is 2.85. The molecule has 0 unspecified atom stereocenters. The van der Waals surface area contributed by atoms with E-state index in [0.717, 1.165) is 5.56 Å². The summed E-state index contributed by atoms with van der Waals surface area (Å²) in [7, 11) is 0.629. The zero-order chi connectivity index (χ0) is 15.8. The van der Waals surface area contributed by atoms with Crippen molar-refractivity contribution in [1.82, 2.24) is 0 Å². The highest BCUT2D eigenvalue weighted by atomic mass is 32.2. The largest absolute Gasteiger partial charge is 0.384 e. The van der Waals surface area contributed by atoms with Crippen LogP contribution in [0.3, 0.4) is 0 Å². The maximum atomic E-state index is 12.1. The highest BCUT2D eigenvalue weighted by Crippen LogP contribution is 2.14. The molecule has 22 heavy (non-hydrogen) atoms. The van der Waals surface area contributed by atoms with Gasteiger partial charge in [0.05, 0.1) is 6.61 Å². The van der Waals surface area contributed by atoms with Gasteiger partial charge in [0.15, 0.2) is 0 Å². The fourth-order valence-corrected chi connectivity index (χ4v) is 3.01. The van der Waals surface area contributed by atoms with Crippen molar-refractivity contribution in [2.45, 2.75) is 5.75 Å². The molecule has 5 heteroatoms. The van der Waals surface area contributed by atoms with Gasteiger partial charge in [-0.05, 0) is 29.8 Å². The maximum Gasteiger partial charge on any atom is 0.255 e. The fourth-order valence-electron chi connectivity index (χ4n) is 1.97. The highest BCUT2D eigenvalue weighted by molar-refractivity contribution is 7.84. The van der Waals surface area contributed by atoms with Crippen LogP contribution in [0.2, 0.25) is 0 Å². The zero-order valence-corrected chi connectivity index (χ0v) is 13.3. The van der Waals surface area contributed by atoms with E-state index in [4.69, 9.17) is 4.74 Å². The van der Waals surface area contributed by atoms with Crippen molar-refractivity contribution in [2.75, 3.05) is 24.8 Å². The zero-order valence-electron chi connectivity index (χ0n) is 12.5. The SMILES string of the molecule is COCC[S@@](=O)Cc1cccc(NC(=O)c2ccccc2)c1. The van der Waals surface area contributed by atoms with Gasteiger partial charge in [-0.2, -0.15) is 0 Å². The molecular formula is C17H19NO3S. The van der Waals surface area contributed by atoms with Crippen molar-refractivity contribution >= 4 is 22.4 Å². The molecule has 1 N–H and O–H groups in total. The van der Waals surface area contributed by atoms with Crippen molar-refractivity contribution in [1.29, 1.82) is 0 Å². The Kier molecular flexibility index (Phi) is 6.30. The molecule has 0 spiro atoms. The van der Waals surface area contributed by atoms with E-state index in [1.165, 1.54) is 0 Å². The predicted octanol–water partition coefficient (Wildman–Crippen LogP) is 2.83. The summed E-state index contributed by atoms with van der Waals surface area (Å²) in [4.78, 5) is 12.1. The van der Waals surface area contributed by atoms with E-state index in [9.17, 15) is 9.00 Å². The lowest BCUT2D eigenvalue weighted by Crippen LogP contribution is -2.12. The molecule has 0 aliphatic carbocycles. The molecule has 0 saturated heterocycles. The lowest BCUT2D eigenvalue weighted by Gasteiger charge is -2.08. The Bertz CT molecular complexity index is 643.